The van der Waals surface area contributed by atoms with Crippen molar-refractivity contribution in [2.24, 2.45) is 5.41 Å². The third-order valence-corrected chi connectivity index (χ3v) is 2.26. The van der Waals surface area contributed by atoms with Crippen LogP contribution in [-0.2, 0) is 6.42 Å². The molecular weight excluding hydrogens is 220 g/mol. The van der Waals surface area contributed by atoms with Crippen molar-refractivity contribution in [2.45, 2.75) is 27.2 Å². The fourth-order valence-corrected chi connectivity index (χ4v) is 1.20. The number of hydrogen-bond donors (Lipinski definition) is 1. The Hall–Kier alpha value is -0.510. The molecule has 1 aromatic heterocycles. The van der Waals surface area contributed by atoms with Gasteiger partial charge in [-0.05, 0) is 21.3 Å². The molecule has 68 valence electrons. The fourth-order valence-electron chi connectivity index (χ4n) is 0.919. The van der Waals surface area contributed by atoms with Gasteiger partial charge in [0.05, 0.1) is 0 Å². The highest BCUT2D eigenvalue weighted by Gasteiger charge is 2.18. The average molecular weight is 233 g/mol. The lowest BCUT2D eigenvalue weighted by Gasteiger charge is -2.15. The summed E-state index contributed by atoms with van der Waals surface area (Å²) in [7, 11) is 0. The summed E-state index contributed by atoms with van der Waals surface area (Å²) in [5.74, 6) is 1.24. The molecule has 0 saturated heterocycles. The van der Waals surface area contributed by atoms with Gasteiger partial charge < -0.3 is 10.3 Å². The van der Waals surface area contributed by atoms with Gasteiger partial charge in [0, 0.05) is 6.42 Å². The lowest BCUT2D eigenvalue weighted by Crippen LogP contribution is -2.08. The number of rotatable bonds is 1. The number of hydrogen-bond acceptors (Lipinski definition) is 3. The molecule has 0 amide bonds. The van der Waals surface area contributed by atoms with E-state index in [1.807, 2.05) is 0 Å². The molecular formula is C8H13BrN2O. The molecule has 0 aromatic carbocycles. The highest BCUT2D eigenvalue weighted by atomic mass is 79.9. The SMILES string of the molecule is CC(C)(C)Cc1onc(N)c1Br. The topological polar surface area (TPSA) is 52.0 Å². The molecule has 0 radical (unpaired) electrons. The van der Waals surface area contributed by atoms with Crippen LogP contribution in [0, 0.1) is 5.41 Å². The van der Waals surface area contributed by atoms with E-state index < -0.39 is 0 Å². The first-order valence-electron chi connectivity index (χ1n) is 3.80. The molecule has 3 nitrogen and oxygen atoms in total. The quantitative estimate of drug-likeness (QED) is 0.811. The molecule has 12 heavy (non-hydrogen) atoms. The summed E-state index contributed by atoms with van der Waals surface area (Å²) >= 11 is 3.32. The molecule has 1 heterocycles. The van der Waals surface area contributed by atoms with Gasteiger partial charge in [0.15, 0.2) is 11.6 Å². The third kappa shape index (κ3) is 2.24. The fraction of sp³-hybridized carbons (Fsp3) is 0.625. The van der Waals surface area contributed by atoms with Crippen LogP contribution in [0.2, 0.25) is 0 Å². The van der Waals surface area contributed by atoms with Crippen LogP contribution in [0.3, 0.4) is 0 Å². The Labute approximate surface area is 80.4 Å². The summed E-state index contributed by atoms with van der Waals surface area (Å²) in [6.45, 7) is 6.41. The lowest BCUT2D eigenvalue weighted by atomic mass is 9.91. The van der Waals surface area contributed by atoms with Crippen molar-refractivity contribution < 1.29 is 4.52 Å². The van der Waals surface area contributed by atoms with E-state index in [1.165, 1.54) is 0 Å². The Morgan fingerprint density at radius 3 is 2.42 bits per heavy atom. The molecule has 0 atom stereocenters. The van der Waals surface area contributed by atoms with Crippen molar-refractivity contribution in [3.63, 3.8) is 0 Å². The first kappa shape index (κ1) is 9.58. The van der Waals surface area contributed by atoms with Gasteiger partial charge in [-0.1, -0.05) is 25.9 Å². The summed E-state index contributed by atoms with van der Waals surface area (Å²) in [5.41, 5.74) is 5.70. The van der Waals surface area contributed by atoms with E-state index >= 15 is 0 Å². The van der Waals surface area contributed by atoms with Crippen LogP contribution >= 0.6 is 15.9 Å². The van der Waals surface area contributed by atoms with E-state index in [1.54, 1.807) is 0 Å². The van der Waals surface area contributed by atoms with Crippen molar-refractivity contribution in [2.75, 3.05) is 5.73 Å². The van der Waals surface area contributed by atoms with E-state index in [0.29, 0.717) is 5.82 Å². The van der Waals surface area contributed by atoms with Crippen LogP contribution in [0.1, 0.15) is 26.5 Å². The average Bonchev–Trinajstić information content (AvgIpc) is 2.16. The molecule has 0 unspecified atom stereocenters. The van der Waals surface area contributed by atoms with Gasteiger partial charge in [-0.25, -0.2) is 0 Å². The minimum Gasteiger partial charge on any atom is -0.380 e. The van der Waals surface area contributed by atoms with E-state index in [4.69, 9.17) is 10.3 Å². The molecule has 0 bridgehead atoms. The van der Waals surface area contributed by atoms with Crippen molar-refractivity contribution in [3.05, 3.63) is 10.2 Å². The molecule has 0 aliphatic carbocycles. The summed E-state index contributed by atoms with van der Waals surface area (Å²) in [5, 5.41) is 3.66. The van der Waals surface area contributed by atoms with Crippen LogP contribution in [-0.4, -0.2) is 5.16 Å². The standard InChI is InChI=1S/C8H13BrN2O/c1-8(2,3)4-5-6(9)7(10)11-12-5/h4H2,1-3H3,(H2,10,11). The Balaban J connectivity index is 2.83. The van der Waals surface area contributed by atoms with E-state index in [-0.39, 0.29) is 5.41 Å². The van der Waals surface area contributed by atoms with Crippen LogP contribution in [0.25, 0.3) is 0 Å². The number of nitrogens with two attached hydrogens (primary N) is 1. The van der Waals surface area contributed by atoms with Crippen molar-refractivity contribution in [1.29, 1.82) is 0 Å². The second kappa shape index (κ2) is 3.09. The summed E-state index contributed by atoms with van der Waals surface area (Å²) < 4.78 is 5.84. The zero-order chi connectivity index (χ0) is 9.35. The van der Waals surface area contributed by atoms with Gasteiger partial charge in [-0.2, -0.15) is 0 Å². The van der Waals surface area contributed by atoms with E-state index in [2.05, 4.69) is 41.9 Å². The first-order chi connectivity index (χ1) is 5.40. The van der Waals surface area contributed by atoms with Gasteiger partial charge in [-0.15, -0.1) is 0 Å². The second-order valence-corrected chi connectivity index (χ2v) is 4.84. The molecule has 0 saturated carbocycles. The Morgan fingerprint density at radius 2 is 2.08 bits per heavy atom. The Morgan fingerprint density at radius 1 is 1.50 bits per heavy atom. The van der Waals surface area contributed by atoms with Gasteiger partial charge in [0.25, 0.3) is 0 Å². The van der Waals surface area contributed by atoms with Crippen LogP contribution in [0.5, 0.6) is 0 Å². The molecule has 1 aromatic rings. The number of nitrogen functional groups attached to an aromatic ring is 1. The second-order valence-electron chi connectivity index (χ2n) is 4.04. The minimum absolute atomic E-state index is 0.189. The first-order valence-corrected chi connectivity index (χ1v) is 4.59. The number of halogens is 1. The zero-order valence-corrected chi connectivity index (χ0v) is 9.10. The van der Waals surface area contributed by atoms with Gasteiger partial charge in [0.1, 0.15) is 4.47 Å². The number of anilines is 1. The maximum atomic E-state index is 5.51. The maximum Gasteiger partial charge on any atom is 0.181 e. The molecule has 2 N–H and O–H groups in total. The van der Waals surface area contributed by atoms with E-state index in [0.717, 1.165) is 16.7 Å². The Kier molecular flexibility index (Phi) is 2.46. The highest BCUT2D eigenvalue weighted by molar-refractivity contribution is 9.10. The maximum absolute atomic E-state index is 5.51. The summed E-state index contributed by atoms with van der Waals surface area (Å²) in [6.07, 6.45) is 0.831. The van der Waals surface area contributed by atoms with Crippen LogP contribution < -0.4 is 5.73 Å². The molecule has 1 rings (SSSR count). The predicted octanol–water partition coefficient (Wildman–Crippen LogP) is 2.61. The van der Waals surface area contributed by atoms with Gasteiger partial charge in [0.2, 0.25) is 0 Å². The predicted molar refractivity (Wildman–Crippen MR) is 51.8 cm³/mol. The normalized spacial score (nSPS) is 12.0. The van der Waals surface area contributed by atoms with Crippen LogP contribution in [0.15, 0.2) is 9.00 Å². The van der Waals surface area contributed by atoms with Gasteiger partial charge >= 0.3 is 0 Å². The Bertz CT molecular complexity index is 275. The monoisotopic (exact) mass is 232 g/mol. The highest BCUT2D eigenvalue weighted by Crippen LogP contribution is 2.29. The summed E-state index contributed by atoms with van der Waals surface area (Å²) in [4.78, 5) is 0. The van der Waals surface area contributed by atoms with Crippen molar-refractivity contribution in [3.8, 4) is 0 Å². The molecule has 0 fully saturated rings. The molecule has 0 aliphatic rings. The molecule has 4 heteroatoms. The summed E-state index contributed by atoms with van der Waals surface area (Å²) in [6, 6.07) is 0. The smallest absolute Gasteiger partial charge is 0.181 e. The zero-order valence-electron chi connectivity index (χ0n) is 7.52. The minimum atomic E-state index is 0.189. The lowest BCUT2D eigenvalue weighted by molar-refractivity contribution is 0.320. The molecule has 0 aliphatic heterocycles. The van der Waals surface area contributed by atoms with Crippen LogP contribution in [0.4, 0.5) is 5.82 Å². The largest absolute Gasteiger partial charge is 0.380 e. The number of nitrogens with zero attached hydrogens (tertiary/aromatic N) is 1. The van der Waals surface area contributed by atoms with Crippen molar-refractivity contribution in [1.82, 2.24) is 5.16 Å². The van der Waals surface area contributed by atoms with Crippen molar-refractivity contribution >= 4 is 21.7 Å². The van der Waals surface area contributed by atoms with Gasteiger partial charge in [-0.3, -0.25) is 0 Å². The third-order valence-electron chi connectivity index (χ3n) is 1.41. The number of aromatic nitrogens is 1. The molecule has 0 spiro atoms. The van der Waals surface area contributed by atoms with E-state index in [9.17, 15) is 0 Å².